The number of aromatic nitrogens is 1. The molecule has 19 heavy (non-hydrogen) atoms. The minimum atomic E-state index is -1.12. The van der Waals surface area contributed by atoms with Crippen LogP contribution < -0.4 is 4.90 Å². The van der Waals surface area contributed by atoms with Gasteiger partial charge in [0, 0.05) is 26.2 Å². The Labute approximate surface area is 109 Å². The third-order valence-electron chi connectivity index (χ3n) is 2.79. The van der Waals surface area contributed by atoms with Gasteiger partial charge in [-0.25, -0.2) is 9.59 Å². The highest BCUT2D eigenvalue weighted by Crippen LogP contribution is 2.16. The number of oxazole rings is 1. The Balaban J connectivity index is 1.92. The zero-order chi connectivity index (χ0) is 13.8. The molecule has 2 rings (SSSR count). The maximum atomic E-state index is 11.5. The van der Waals surface area contributed by atoms with E-state index in [-0.39, 0.29) is 17.8 Å². The smallest absolute Gasteiger partial charge is 0.409 e. The highest BCUT2D eigenvalue weighted by atomic mass is 16.6. The Kier molecular flexibility index (Phi) is 3.88. The first-order valence-electron chi connectivity index (χ1n) is 5.97. The molecule has 8 heteroatoms. The van der Waals surface area contributed by atoms with E-state index in [1.807, 2.05) is 0 Å². The number of carboxylic acids is 1. The van der Waals surface area contributed by atoms with Gasteiger partial charge < -0.3 is 24.1 Å². The van der Waals surface area contributed by atoms with Crippen LogP contribution in [0.5, 0.6) is 0 Å². The van der Waals surface area contributed by atoms with Crippen molar-refractivity contribution in [1.82, 2.24) is 9.88 Å². The van der Waals surface area contributed by atoms with Gasteiger partial charge in [0.25, 0.3) is 6.01 Å². The van der Waals surface area contributed by atoms with Crippen LogP contribution in [0, 0.1) is 0 Å². The van der Waals surface area contributed by atoms with Gasteiger partial charge in [-0.15, -0.1) is 0 Å². The predicted octanol–water partition coefficient (Wildman–Crippen LogP) is 0.651. The maximum Gasteiger partial charge on any atom is 0.409 e. The lowest BCUT2D eigenvalue weighted by Gasteiger charge is -2.32. The summed E-state index contributed by atoms with van der Waals surface area (Å²) < 4.78 is 10.0. The van der Waals surface area contributed by atoms with E-state index < -0.39 is 5.97 Å². The van der Waals surface area contributed by atoms with Gasteiger partial charge in [-0.3, -0.25) is 0 Å². The monoisotopic (exact) mass is 269 g/mol. The summed E-state index contributed by atoms with van der Waals surface area (Å²) in [7, 11) is 0. The number of carbonyl (C=O) groups excluding carboxylic acids is 1. The molecule has 1 amide bonds. The Morgan fingerprint density at radius 2 is 2.11 bits per heavy atom. The van der Waals surface area contributed by atoms with Gasteiger partial charge in [-0.2, -0.15) is 4.98 Å². The lowest BCUT2D eigenvalue weighted by atomic mass is 10.3. The van der Waals surface area contributed by atoms with Gasteiger partial charge in [-0.05, 0) is 6.92 Å². The number of carbonyl (C=O) groups is 2. The van der Waals surface area contributed by atoms with E-state index in [0.717, 1.165) is 6.26 Å². The van der Waals surface area contributed by atoms with E-state index in [4.69, 9.17) is 14.3 Å². The average Bonchev–Trinajstić information content (AvgIpc) is 2.89. The topological polar surface area (TPSA) is 96.1 Å². The zero-order valence-corrected chi connectivity index (χ0v) is 10.5. The zero-order valence-electron chi connectivity index (χ0n) is 10.5. The van der Waals surface area contributed by atoms with Crippen molar-refractivity contribution in [2.24, 2.45) is 0 Å². The van der Waals surface area contributed by atoms with Crippen LogP contribution in [-0.2, 0) is 4.74 Å². The summed E-state index contributed by atoms with van der Waals surface area (Å²) in [6.45, 7) is 4.14. The highest BCUT2D eigenvalue weighted by molar-refractivity contribution is 5.85. The molecule has 1 aliphatic rings. The van der Waals surface area contributed by atoms with E-state index >= 15 is 0 Å². The summed E-state index contributed by atoms with van der Waals surface area (Å²) in [4.78, 5) is 29.5. The number of rotatable bonds is 3. The van der Waals surface area contributed by atoms with Crippen LogP contribution in [-0.4, -0.2) is 59.8 Å². The Morgan fingerprint density at radius 3 is 2.63 bits per heavy atom. The molecule has 0 atom stereocenters. The standard InChI is InChI=1S/C11H15N3O5/c1-2-18-11(17)14-5-3-13(4-6-14)10-12-8(7-19-10)9(15)16/h7H,2-6H2,1H3,(H,15,16). The molecule has 0 bridgehead atoms. The second-order valence-electron chi connectivity index (χ2n) is 3.99. The van der Waals surface area contributed by atoms with Crippen LogP contribution in [0.25, 0.3) is 0 Å². The molecule has 1 aromatic heterocycles. The number of nitrogens with zero attached hydrogens (tertiary/aromatic N) is 3. The number of hydrogen-bond acceptors (Lipinski definition) is 6. The quantitative estimate of drug-likeness (QED) is 0.860. The molecule has 0 radical (unpaired) electrons. The molecule has 1 aromatic rings. The Morgan fingerprint density at radius 1 is 1.42 bits per heavy atom. The molecular formula is C11H15N3O5. The molecule has 8 nitrogen and oxygen atoms in total. The van der Waals surface area contributed by atoms with Crippen molar-refractivity contribution in [3.05, 3.63) is 12.0 Å². The molecule has 0 unspecified atom stereocenters. The van der Waals surface area contributed by atoms with Crippen molar-refractivity contribution in [3.8, 4) is 0 Å². The number of anilines is 1. The molecule has 104 valence electrons. The van der Waals surface area contributed by atoms with Crippen molar-refractivity contribution >= 4 is 18.1 Å². The van der Waals surface area contributed by atoms with Crippen molar-refractivity contribution in [3.63, 3.8) is 0 Å². The van der Waals surface area contributed by atoms with Gasteiger partial charge >= 0.3 is 12.1 Å². The predicted molar refractivity (Wildman–Crippen MR) is 64.3 cm³/mol. The van der Waals surface area contributed by atoms with Crippen molar-refractivity contribution in [1.29, 1.82) is 0 Å². The van der Waals surface area contributed by atoms with Crippen molar-refractivity contribution in [2.45, 2.75) is 6.92 Å². The van der Waals surface area contributed by atoms with Crippen molar-refractivity contribution in [2.75, 3.05) is 37.7 Å². The number of amides is 1. The maximum absolute atomic E-state index is 11.5. The fraction of sp³-hybridized carbons (Fsp3) is 0.545. The second-order valence-corrected chi connectivity index (χ2v) is 3.99. The Bertz CT molecular complexity index is 465. The number of hydrogen-bond donors (Lipinski definition) is 1. The highest BCUT2D eigenvalue weighted by Gasteiger charge is 2.25. The summed E-state index contributed by atoms with van der Waals surface area (Å²) in [5.41, 5.74) is -0.122. The normalized spacial score (nSPS) is 15.4. The van der Waals surface area contributed by atoms with Crippen LogP contribution in [0.15, 0.2) is 10.7 Å². The van der Waals surface area contributed by atoms with Gasteiger partial charge in [0.2, 0.25) is 0 Å². The van der Waals surface area contributed by atoms with Gasteiger partial charge in [0.1, 0.15) is 6.26 Å². The van der Waals surface area contributed by atoms with E-state index in [0.29, 0.717) is 32.8 Å². The largest absolute Gasteiger partial charge is 0.476 e. The first-order valence-corrected chi connectivity index (χ1v) is 5.97. The lowest BCUT2D eigenvalue weighted by molar-refractivity contribution is 0.0690. The molecule has 1 fully saturated rings. The number of aromatic carboxylic acids is 1. The molecule has 2 heterocycles. The third kappa shape index (κ3) is 2.95. The third-order valence-corrected chi connectivity index (χ3v) is 2.79. The SMILES string of the molecule is CCOC(=O)N1CCN(c2nc(C(=O)O)co2)CC1. The summed E-state index contributed by atoms with van der Waals surface area (Å²) in [5, 5.41) is 8.76. The number of piperazine rings is 1. The van der Waals surface area contributed by atoms with E-state index in [9.17, 15) is 9.59 Å². The van der Waals surface area contributed by atoms with Crippen LogP contribution in [0.3, 0.4) is 0 Å². The molecule has 0 aromatic carbocycles. The second kappa shape index (κ2) is 5.59. The molecular weight excluding hydrogens is 254 g/mol. The molecule has 0 aliphatic carbocycles. The fourth-order valence-electron chi connectivity index (χ4n) is 1.80. The van der Waals surface area contributed by atoms with E-state index in [2.05, 4.69) is 4.98 Å². The van der Waals surface area contributed by atoms with Gasteiger partial charge in [0.05, 0.1) is 6.61 Å². The fourth-order valence-corrected chi connectivity index (χ4v) is 1.80. The molecule has 1 N–H and O–H groups in total. The molecule has 1 aliphatic heterocycles. The van der Waals surface area contributed by atoms with Crippen molar-refractivity contribution < 1.29 is 23.8 Å². The first-order chi connectivity index (χ1) is 9.11. The minimum Gasteiger partial charge on any atom is -0.476 e. The Hall–Kier alpha value is -2.25. The van der Waals surface area contributed by atoms with Gasteiger partial charge in [-0.1, -0.05) is 0 Å². The summed E-state index contributed by atoms with van der Waals surface area (Å²) in [5.74, 6) is -1.12. The average molecular weight is 269 g/mol. The minimum absolute atomic E-state index is 0.122. The van der Waals surface area contributed by atoms with Gasteiger partial charge in [0.15, 0.2) is 5.69 Å². The first kappa shape index (κ1) is 13.2. The summed E-state index contributed by atoms with van der Waals surface area (Å²) in [6, 6.07) is 0.265. The lowest BCUT2D eigenvalue weighted by Crippen LogP contribution is -2.49. The van der Waals surface area contributed by atoms with Crippen LogP contribution >= 0.6 is 0 Å². The number of ether oxygens (including phenoxy) is 1. The van der Waals surface area contributed by atoms with Crippen LogP contribution in [0.4, 0.5) is 10.8 Å². The number of carboxylic acid groups (broad SMARTS) is 1. The van der Waals surface area contributed by atoms with Crippen LogP contribution in [0.1, 0.15) is 17.4 Å². The van der Waals surface area contributed by atoms with E-state index in [1.165, 1.54) is 0 Å². The van der Waals surface area contributed by atoms with Crippen LogP contribution in [0.2, 0.25) is 0 Å². The summed E-state index contributed by atoms with van der Waals surface area (Å²) in [6.07, 6.45) is 0.774. The van der Waals surface area contributed by atoms with E-state index in [1.54, 1.807) is 16.7 Å². The molecule has 0 spiro atoms. The molecule has 0 saturated carbocycles. The molecule has 1 saturated heterocycles. The summed E-state index contributed by atoms with van der Waals surface area (Å²) >= 11 is 0.